The lowest BCUT2D eigenvalue weighted by Crippen LogP contribution is -2.08. The molecule has 84 valence electrons. The molecule has 5 nitrogen and oxygen atoms in total. The molecular weight excluding hydrogens is 208 g/mol. The van der Waals surface area contributed by atoms with Crippen LogP contribution in [0.25, 0.3) is 5.65 Å². The van der Waals surface area contributed by atoms with Crippen LogP contribution in [0, 0.1) is 6.92 Å². The van der Waals surface area contributed by atoms with Gasteiger partial charge in [-0.25, -0.2) is 4.79 Å². The molecule has 1 N–H and O–H groups in total. The minimum absolute atomic E-state index is 0.0700. The number of carbonyl (C=O) groups excluding carboxylic acids is 1. The van der Waals surface area contributed by atoms with Crippen LogP contribution in [-0.4, -0.2) is 27.1 Å². The van der Waals surface area contributed by atoms with Crippen molar-refractivity contribution in [3.8, 4) is 5.88 Å². The maximum atomic E-state index is 11.6. The number of aryl methyl sites for hydroxylation is 1. The summed E-state index contributed by atoms with van der Waals surface area (Å²) in [6.45, 7) is 3.83. The van der Waals surface area contributed by atoms with E-state index in [-0.39, 0.29) is 18.2 Å². The van der Waals surface area contributed by atoms with E-state index in [4.69, 9.17) is 4.74 Å². The molecule has 0 aliphatic carbocycles. The van der Waals surface area contributed by atoms with E-state index in [1.54, 1.807) is 19.2 Å². The average Bonchev–Trinajstić information content (AvgIpc) is 2.56. The summed E-state index contributed by atoms with van der Waals surface area (Å²) in [5.41, 5.74) is 1.51. The van der Waals surface area contributed by atoms with Crippen LogP contribution < -0.4 is 0 Å². The number of carbonyl (C=O) groups is 1. The summed E-state index contributed by atoms with van der Waals surface area (Å²) in [5.74, 6) is -0.870. The van der Waals surface area contributed by atoms with Gasteiger partial charge >= 0.3 is 5.97 Å². The first kappa shape index (κ1) is 10.5. The Morgan fingerprint density at radius 2 is 2.38 bits per heavy atom. The van der Waals surface area contributed by atoms with E-state index in [0.717, 1.165) is 5.56 Å². The van der Waals surface area contributed by atoms with Gasteiger partial charge in [-0.3, -0.25) is 4.40 Å². The van der Waals surface area contributed by atoms with Crippen LogP contribution >= 0.6 is 0 Å². The van der Waals surface area contributed by atoms with Crippen molar-refractivity contribution in [3.63, 3.8) is 0 Å². The fourth-order valence-electron chi connectivity index (χ4n) is 1.58. The number of fused-ring (bicyclic) bond motifs is 1. The number of hydrogen-bond donors (Lipinski definition) is 1. The predicted molar refractivity (Wildman–Crippen MR) is 57.6 cm³/mol. The lowest BCUT2D eigenvalue weighted by Gasteiger charge is -2.02. The minimum Gasteiger partial charge on any atom is -0.492 e. The molecule has 0 saturated heterocycles. The van der Waals surface area contributed by atoms with E-state index in [9.17, 15) is 9.90 Å². The molecule has 0 aliphatic rings. The summed E-state index contributed by atoms with van der Waals surface area (Å²) in [6.07, 6.45) is 1.67. The van der Waals surface area contributed by atoms with Gasteiger partial charge in [-0.2, -0.15) is 4.98 Å². The maximum absolute atomic E-state index is 11.6. The second-order valence-corrected chi connectivity index (χ2v) is 3.39. The highest BCUT2D eigenvalue weighted by molar-refractivity contribution is 5.91. The quantitative estimate of drug-likeness (QED) is 0.779. The van der Waals surface area contributed by atoms with Gasteiger partial charge in [-0.1, -0.05) is 6.07 Å². The van der Waals surface area contributed by atoms with Gasteiger partial charge < -0.3 is 9.84 Å². The number of imidazole rings is 1. The van der Waals surface area contributed by atoms with Crippen LogP contribution in [0.1, 0.15) is 23.0 Å². The fraction of sp³-hybridized carbons (Fsp3) is 0.273. The van der Waals surface area contributed by atoms with Gasteiger partial charge in [-0.15, -0.1) is 0 Å². The normalized spacial score (nSPS) is 10.6. The molecule has 0 saturated carbocycles. The predicted octanol–water partition coefficient (Wildman–Crippen LogP) is 1.53. The Labute approximate surface area is 92.3 Å². The van der Waals surface area contributed by atoms with Crippen LogP contribution in [0.15, 0.2) is 18.3 Å². The molecule has 0 radical (unpaired) electrons. The molecule has 0 spiro atoms. The Hall–Kier alpha value is -2.04. The smallest absolute Gasteiger partial charge is 0.361 e. The molecule has 0 bridgehead atoms. The molecule has 16 heavy (non-hydrogen) atoms. The molecule has 2 rings (SSSR count). The third-order valence-electron chi connectivity index (χ3n) is 2.30. The van der Waals surface area contributed by atoms with Crippen molar-refractivity contribution in [3.05, 3.63) is 29.6 Å². The van der Waals surface area contributed by atoms with Crippen molar-refractivity contribution in [2.24, 2.45) is 0 Å². The molecule has 0 atom stereocenters. The summed E-state index contributed by atoms with van der Waals surface area (Å²) in [4.78, 5) is 15.5. The molecule has 0 unspecified atom stereocenters. The van der Waals surface area contributed by atoms with Crippen molar-refractivity contribution in [2.75, 3.05) is 6.61 Å². The second-order valence-electron chi connectivity index (χ2n) is 3.39. The van der Waals surface area contributed by atoms with E-state index in [1.807, 2.05) is 13.0 Å². The van der Waals surface area contributed by atoms with Crippen LogP contribution in [0.4, 0.5) is 0 Å². The highest BCUT2D eigenvalue weighted by Crippen LogP contribution is 2.21. The van der Waals surface area contributed by atoms with Crippen molar-refractivity contribution >= 4 is 11.6 Å². The number of pyridine rings is 1. The fourth-order valence-corrected chi connectivity index (χ4v) is 1.58. The number of nitrogens with zero attached hydrogens (tertiary/aromatic N) is 2. The van der Waals surface area contributed by atoms with Crippen molar-refractivity contribution in [2.45, 2.75) is 13.8 Å². The van der Waals surface area contributed by atoms with Gasteiger partial charge in [0.1, 0.15) is 5.65 Å². The largest absolute Gasteiger partial charge is 0.492 e. The van der Waals surface area contributed by atoms with E-state index >= 15 is 0 Å². The zero-order chi connectivity index (χ0) is 11.7. The van der Waals surface area contributed by atoms with Gasteiger partial charge in [-0.05, 0) is 25.5 Å². The third kappa shape index (κ3) is 1.50. The monoisotopic (exact) mass is 220 g/mol. The maximum Gasteiger partial charge on any atom is 0.361 e. The summed E-state index contributed by atoms with van der Waals surface area (Å²) in [7, 11) is 0. The highest BCUT2D eigenvalue weighted by atomic mass is 16.5. The first-order chi connectivity index (χ1) is 7.65. The molecule has 0 amide bonds. The number of aromatic nitrogens is 2. The Bertz CT molecular complexity index is 545. The van der Waals surface area contributed by atoms with Crippen LogP contribution in [0.3, 0.4) is 0 Å². The standard InChI is InChI=1S/C11H12N2O3/c1-3-16-11(15)8-10(14)12-9-7(2)5-4-6-13(8)9/h4-6,14H,3H2,1-2H3. The van der Waals surface area contributed by atoms with Gasteiger partial charge in [0.2, 0.25) is 5.88 Å². The van der Waals surface area contributed by atoms with Crippen LogP contribution in [0.2, 0.25) is 0 Å². The van der Waals surface area contributed by atoms with E-state index in [2.05, 4.69) is 4.98 Å². The SMILES string of the molecule is CCOC(=O)c1c(O)nc2c(C)cccn12. The Morgan fingerprint density at radius 1 is 1.62 bits per heavy atom. The molecule has 0 fully saturated rings. The van der Waals surface area contributed by atoms with Crippen molar-refractivity contribution in [1.29, 1.82) is 0 Å². The van der Waals surface area contributed by atoms with Gasteiger partial charge in [0.25, 0.3) is 0 Å². The van der Waals surface area contributed by atoms with E-state index < -0.39 is 5.97 Å². The summed E-state index contributed by atoms with van der Waals surface area (Å²) >= 11 is 0. The first-order valence-electron chi connectivity index (χ1n) is 4.99. The van der Waals surface area contributed by atoms with Gasteiger partial charge in [0.15, 0.2) is 5.69 Å². The van der Waals surface area contributed by atoms with Crippen LogP contribution in [-0.2, 0) is 4.74 Å². The number of hydrogen-bond acceptors (Lipinski definition) is 4. The van der Waals surface area contributed by atoms with E-state index in [0.29, 0.717) is 5.65 Å². The van der Waals surface area contributed by atoms with Crippen LogP contribution in [0.5, 0.6) is 5.88 Å². The Balaban J connectivity index is 2.65. The lowest BCUT2D eigenvalue weighted by atomic mass is 10.3. The summed E-state index contributed by atoms with van der Waals surface area (Å²) in [5, 5.41) is 9.62. The Morgan fingerprint density at radius 3 is 3.06 bits per heavy atom. The highest BCUT2D eigenvalue weighted by Gasteiger charge is 2.20. The third-order valence-corrected chi connectivity index (χ3v) is 2.30. The topological polar surface area (TPSA) is 63.8 Å². The summed E-state index contributed by atoms with van der Waals surface area (Å²) in [6, 6.07) is 3.64. The molecule has 5 heteroatoms. The molecular formula is C11H12N2O3. The Kier molecular flexibility index (Phi) is 2.52. The van der Waals surface area contributed by atoms with E-state index in [1.165, 1.54) is 4.40 Å². The molecule has 2 aromatic heterocycles. The number of ether oxygens (including phenoxy) is 1. The zero-order valence-electron chi connectivity index (χ0n) is 9.10. The molecule has 0 aliphatic heterocycles. The van der Waals surface area contributed by atoms with Crippen molar-refractivity contribution < 1.29 is 14.6 Å². The second kappa shape index (κ2) is 3.84. The average molecular weight is 220 g/mol. The molecule has 2 aromatic rings. The van der Waals surface area contributed by atoms with Crippen molar-refractivity contribution in [1.82, 2.24) is 9.38 Å². The first-order valence-corrected chi connectivity index (χ1v) is 4.99. The van der Waals surface area contributed by atoms with Gasteiger partial charge in [0, 0.05) is 6.20 Å². The molecule has 2 heterocycles. The number of aromatic hydroxyl groups is 1. The minimum atomic E-state index is -0.571. The van der Waals surface area contributed by atoms with Gasteiger partial charge in [0.05, 0.1) is 6.61 Å². The zero-order valence-corrected chi connectivity index (χ0v) is 9.10. The number of esters is 1. The number of rotatable bonds is 2. The summed E-state index contributed by atoms with van der Waals surface area (Å²) < 4.78 is 6.39. The molecule has 0 aromatic carbocycles. The lowest BCUT2D eigenvalue weighted by molar-refractivity contribution is 0.0514.